The van der Waals surface area contributed by atoms with Gasteiger partial charge in [0.05, 0.1) is 0 Å². The first-order chi connectivity index (χ1) is 7.58. The van der Waals surface area contributed by atoms with Gasteiger partial charge in [-0.25, -0.2) is 0 Å². The summed E-state index contributed by atoms with van der Waals surface area (Å²) < 4.78 is 0. The number of halogens is 2. The van der Waals surface area contributed by atoms with E-state index in [2.05, 4.69) is 6.58 Å². The molecule has 1 aromatic rings. The monoisotopic (exact) mass is 257 g/mol. The second-order valence-electron chi connectivity index (χ2n) is 3.29. The Hall–Kier alpha value is -0.990. The maximum atomic E-state index is 12.0. The largest absolute Gasteiger partial charge is 0.335 e. The van der Waals surface area contributed by atoms with Crippen molar-refractivity contribution in [2.24, 2.45) is 0 Å². The van der Waals surface area contributed by atoms with Crippen LogP contribution in [0, 0.1) is 0 Å². The number of carbonyl (C=O) groups is 1. The standard InChI is InChI=1S/C12H13Cl2NO/c1-3-5-15(4-2)12(16)9-6-10(13)8-11(14)7-9/h3,6-8H,1,4-5H2,2H3. The van der Waals surface area contributed by atoms with E-state index in [1.165, 1.54) is 0 Å². The van der Waals surface area contributed by atoms with Gasteiger partial charge in [-0.2, -0.15) is 0 Å². The smallest absolute Gasteiger partial charge is 0.254 e. The average Bonchev–Trinajstić information content (AvgIpc) is 2.23. The van der Waals surface area contributed by atoms with Gasteiger partial charge in [-0.05, 0) is 25.1 Å². The Balaban J connectivity index is 2.98. The van der Waals surface area contributed by atoms with Crippen LogP contribution in [0.3, 0.4) is 0 Å². The van der Waals surface area contributed by atoms with Crippen molar-refractivity contribution in [1.29, 1.82) is 0 Å². The molecule has 0 aliphatic rings. The van der Waals surface area contributed by atoms with Crippen LogP contribution in [0.25, 0.3) is 0 Å². The molecule has 4 heteroatoms. The number of amides is 1. The summed E-state index contributed by atoms with van der Waals surface area (Å²) >= 11 is 11.7. The van der Waals surface area contributed by atoms with E-state index in [9.17, 15) is 4.79 Å². The molecule has 0 bridgehead atoms. The normalized spacial score (nSPS) is 9.94. The minimum absolute atomic E-state index is 0.0909. The summed E-state index contributed by atoms with van der Waals surface area (Å²) in [7, 11) is 0. The van der Waals surface area contributed by atoms with Crippen LogP contribution in [-0.4, -0.2) is 23.9 Å². The lowest BCUT2D eigenvalue weighted by molar-refractivity contribution is 0.0782. The summed E-state index contributed by atoms with van der Waals surface area (Å²) in [5.74, 6) is -0.0909. The number of rotatable bonds is 4. The number of benzene rings is 1. The summed E-state index contributed by atoms with van der Waals surface area (Å²) in [5, 5.41) is 0.927. The number of carbonyl (C=O) groups excluding carboxylic acids is 1. The van der Waals surface area contributed by atoms with Crippen molar-refractivity contribution in [2.75, 3.05) is 13.1 Å². The lowest BCUT2D eigenvalue weighted by Gasteiger charge is -2.19. The van der Waals surface area contributed by atoms with Gasteiger partial charge >= 0.3 is 0 Å². The Morgan fingerprint density at radius 2 is 1.94 bits per heavy atom. The van der Waals surface area contributed by atoms with Gasteiger partial charge in [0.15, 0.2) is 0 Å². The molecule has 16 heavy (non-hydrogen) atoms. The molecule has 1 aromatic carbocycles. The van der Waals surface area contributed by atoms with Gasteiger partial charge in [-0.15, -0.1) is 6.58 Å². The molecule has 0 radical (unpaired) electrons. The molecule has 0 fully saturated rings. The molecule has 1 amide bonds. The highest BCUT2D eigenvalue weighted by molar-refractivity contribution is 6.35. The van der Waals surface area contributed by atoms with Crippen molar-refractivity contribution < 1.29 is 4.79 Å². The third-order valence-corrected chi connectivity index (χ3v) is 2.56. The first kappa shape index (κ1) is 13.1. The minimum Gasteiger partial charge on any atom is -0.335 e. The summed E-state index contributed by atoms with van der Waals surface area (Å²) in [5.41, 5.74) is 0.501. The van der Waals surface area contributed by atoms with Gasteiger partial charge in [0.1, 0.15) is 0 Å². The van der Waals surface area contributed by atoms with E-state index < -0.39 is 0 Å². The van der Waals surface area contributed by atoms with Crippen LogP contribution in [0.15, 0.2) is 30.9 Å². The van der Waals surface area contributed by atoms with Crippen LogP contribution in [-0.2, 0) is 0 Å². The maximum Gasteiger partial charge on any atom is 0.254 e. The SMILES string of the molecule is C=CCN(CC)C(=O)c1cc(Cl)cc(Cl)c1. The molecule has 86 valence electrons. The summed E-state index contributed by atoms with van der Waals surface area (Å²) in [6.07, 6.45) is 1.69. The van der Waals surface area contributed by atoms with Crippen LogP contribution < -0.4 is 0 Å². The van der Waals surface area contributed by atoms with Gasteiger partial charge in [0, 0.05) is 28.7 Å². The fourth-order valence-electron chi connectivity index (χ4n) is 1.37. The van der Waals surface area contributed by atoms with Crippen molar-refractivity contribution in [3.05, 3.63) is 46.5 Å². The Kier molecular flexibility index (Phi) is 4.84. The van der Waals surface area contributed by atoms with Crippen LogP contribution in [0.5, 0.6) is 0 Å². The molecular weight excluding hydrogens is 245 g/mol. The second-order valence-corrected chi connectivity index (χ2v) is 4.16. The van der Waals surface area contributed by atoms with Crippen LogP contribution in [0.1, 0.15) is 17.3 Å². The lowest BCUT2D eigenvalue weighted by Crippen LogP contribution is -2.30. The Labute approximate surface area is 105 Å². The molecule has 0 unspecified atom stereocenters. The quantitative estimate of drug-likeness (QED) is 0.755. The van der Waals surface area contributed by atoms with Crippen molar-refractivity contribution in [2.45, 2.75) is 6.92 Å². The Morgan fingerprint density at radius 3 is 2.38 bits per heavy atom. The van der Waals surface area contributed by atoms with Crippen LogP contribution in [0.4, 0.5) is 0 Å². The van der Waals surface area contributed by atoms with Crippen LogP contribution in [0.2, 0.25) is 10.0 Å². The van der Waals surface area contributed by atoms with E-state index in [1.807, 2.05) is 6.92 Å². The molecule has 0 spiro atoms. The van der Waals surface area contributed by atoms with Gasteiger partial charge < -0.3 is 4.90 Å². The van der Waals surface area contributed by atoms with E-state index in [4.69, 9.17) is 23.2 Å². The summed E-state index contributed by atoms with van der Waals surface area (Å²) in [6, 6.07) is 4.83. The highest BCUT2D eigenvalue weighted by Crippen LogP contribution is 2.20. The van der Waals surface area contributed by atoms with Crippen molar-refractivity contribution >= 4 is 29.1 Å². The van der Waals surface area contributed by atoms with Gasteiger partial charge in [0.25, 0.3) is 5.91 Å². The second kappa shape index (κ2) is 5.92. The topological polar surface area (TPSA) is 20.3 Å². The van der Waals surface area contributed by atoms with Crippen molar-refractivity contribution in [3.8, 4) is 0 Å². The predicted octanol–water partition coefficient (Wildman–Crippen LogP) is 3.64. The molecular formula is C12H13Cl2NO. The number of hydrogen-bond acceptors (Lipinski definition) is 1. The average molecular weight is 258 g/mol. The van der Waals surface area contributed by atoms with E-state index in [-0.39, 0.29) is 5.91 Å². The first-order valence-corrected chi connectivity index (χ1v) is 5.70. The maximum absolute atomic E-state index is 12.0. The molecule has 2 nitrogen and oxygen atoms in total. The molecule has 0 aliphatic carbocycles. The Morgan fingerprint density at radius 1 is 1.38 bits per heavy atom. The molecule has 0 saturated carbocycles. The zero-order valence-corrected chi connectivity index (χ0v) is 10.6. The molecule has 0 heterocycles. The zero-order valence-electron chi connectivity index (χ0n) is 9.04. The van der Waals surface area contributed by atoms with E-state index in [1.54, 1.807) is 29.2 Å². The van der Waals surface area contributed by atoms with Crippen LogP contribution >= 0.6 is 23.2 Å². The minimum atomic E-state index is -0.0909. The Bertz CT molecular complexity index is 384. The van der Waals surface area contributed by atoms with Crippen molar-refractivity contribution in [3.63, 3.8) is 0 Å². The number of likely N-dealkylation sites (N-methyl/N-ethyl adjacent to an activating group) is 1. The highest BCUT2D eigenvalue weighted by Gasteiger charge is 2.13. The summed E-state index contributed by atoms with van der Waals surface area (Å²) in [6.45, 7) is 6.66. The number of hydrogen-bond donors (Lipinski definition) is 0. The highest BCUT2D eigenvalue weighted by atomic mass is 35.5. The first-order valence-electron chi connectivity index (χ1n) is 4.94. The van der Waals surface area contributed by atoms with Gasteiger partial charge in [-0.3, -0.25) is 4.79 Å². The third kappa shape index (κ3) is 3.26. The fraction of sp³-hybridized carbons (Fsp3) is 0.250. The number of nitrogens with zero attached hydrogens (tertiary/aromatic N) is 1. The van der Waals surface area contributed by atoms with E-state index >= 15 is 0 Å². The zero-order chi connectivity index (χ0) is 12.1. The predicted molar refractivity (Wildman–Crippen MR) is 68.2 cm³/mol. The van der Waals surface area contributed by atoms with Crippen molar-refractivity contribution in [1.82, 2.24) is 4.90 Å². The van der Waals surface area contributed by atoms with Gasteiger partial charge in [-0.1, -0.05) is 29.3 Å². The molecule has 1 rings (SSSR count). The molecule has 0 saturated heterocycles. The van der Waals surface area contributed by atoms with Gasteiger partial charge in [0.2, 0.25) is 0 Å². The lowest BCUT2D eigenvalue weighted by atomic mass is 10.2. The molecule has 0 N–H and O–H groups in total. The fourth-order valence-corrected chi connectivity index (χ4v) is 1.90. The van der Waals surface area contributed by atoms with E-state index in [0.717, 1.165) is 0 Å². The molecule has 0 aromatic heterocycles. The third-order valence-electron chi connectivity index (χ3n) is 2.13. The molecule has 0 aliphatic heterocycles. The van der Waals surface area contributed by atoms with E-state index in [0.29, 0.717) is 28.7 Å². The molecule has 0 atom stereocenters. The summed E-state index contributed by atoms with van der Waals surface area (Å²) in [4.78, 5) is 13.7.